The Morgan fingerprint density at radius 2 is 1.74 bits per heavy atom. The lowest BCUT2D eigenvalue weighted by Gasteiger charge is -2.22. The molecule has 0 unspecified atom stereocenters. The number of carbonyl (C=O) groups excluding carboxylic acids is 2. The van der Waals surface area contributed by atoms with Crippen LogP contribution < -0.4 is 10.1 Å². The zero-order valence-corrected chi connectivity index (χ0v) is 15.0. The van der Waals surface area contributed by atoms with E-state index in [9.17, 15) is 19.7 Å². The minimum atomic E-state index is -1.27. The van der Waals surface area contributed by atoms with Gasteiger partial charge in [-0.05, 0) is 43.7 Å². The molecule has 1 aliphatic heterocycles. The van der Waals surface area contributed by atoms with Crippen LogP contribution in [0.2, 0.25) is 0 Å². The van der Waals surface area contributed by atoms with E-state index in [4.69, 9.17) is 4.74 Å². The molecular weight excluding hydrogens is 350 g/mol. The Morgan fingerprint density at radius 3 is 2.33 bits per heavy atom. The van der Waals surface area contributed by atoms with Crippen molar-refractivity contribution in [3.63, 3.8) is 0 Å². The van der Waals surface area contributed by atoms with Gasteiger partial charge in [0.05, 0.1) is 11.5 Å². The molecule has 140 valence electrons. The predicted molar refractivity (Wildman–Crippen MR) is 97.4 cm³/mol. The zero-order chi connectivity index (χ0) is 19.6. The van der Waals surface area contributed by atoms with Gasteiger partial charge < -0.3 is 10.1 Å². The summed E-state index contributed by atoms with van der Waals surface area (Å²) in [5, 5.41) is 13.4. The van der Waals surface area contributed by atoms with E-state index < -0.39 is 22.4 Å². The molecule has 3 rings (SSSR count). The van der Waals surface area contributed by atoms with Gasteiger partial charge in [0.15, 0.2) is 0 Å². The van der Waals surface area contributed by atoms with Crippen LogP contribution in [0.25, 0.3) is 0 Å². The first-order valence-electron chi connectivity index (χ1n) is 8.40. The molecule has 1 aliphatic rings. The Morgan fingerprint density at radius 1 is 1.11 bits per heavy atom. The molecule has 2 aromatic rings. The van der Waals surface area contributed by atoms with E-state index in [1.807, 2.05) is 31.2 Å². The third kappa shape index (κ3) is 3.59. The van der Waals surface area contributed by atoms with Crippen molar-refractivity contribution in [1.29, 1.82) is 0 Å². The van der Waals surface area contributed by atoms with E-state index in [2.05, 4.69) is 5.32 Å². The number of nitrogens with zero attached hydrogens (tertiary/aromatic N) is 2. The second-order valence-corrected chi connectivity index (χ2v) is 6.48. The smallest absolute Gasteiger partial charge is 0.325 e. The molecule has 2 aromatic carbocycles. The summed E-state index contributed by atoms with van der Waals surface area (Å²) in [5.74, 6) is 0.236. The second-order valence-electron chi connectivity index (χ2n) is 6.48. The van der Waals surface area contributed by atoms with E-state index >= 15 is 0 Å². The summed E-state index contributed by atoms with van der Waals surface area (Å²) >= 11 is 0. The highest BCUT2D eigenvalue weighted by atomic mass is 16.6. The Hall–Kier alpha value is -3.42. The summed E-state index contributed by atoms with van der Waals surface area (Å²) < 4.78 is 5.59. The average Bonchev–Trinajstić information content (AvgIpc) is 2.87. The summed E-state index contributed by atoms with van der Waals surface area (Å²) in [6.07, 6.45) is 0. The second kappa shape index (κ2) is 7.06. The Bertz CT molecular complexity index is 879. The summed E-state index contributed by atoms with van der Waals surface area (Å²) in [5.41, 5.74) is 0.238. The molecule has 1 fully saturated rings. The van der Waals surface area contributed by atoms with Crippen LogP contribution in [0.5, 0.6) is 5.75 Å². The van der Waals surface area contributed by atoms with Gasteiger partial charge in [0.1, 0.15) is 17.9 Å². The number of nitro benzene ring substituents is 1. The van der Waals surface area contributed by atoms with Crippen molar-refractivity contribution in [2.75, 3.05) is 13.2 Å². The number of nitro groups is 1. The molecule has 3 amide bonds. The van der Waals surface area contributed by atoms with E-state index in [1.165, 1.54) is 24.3 Å². The number of rotatable bonds is 6. The van der Waals surface area contributed by atoms with E-state index in [-0.39, 0.29) is 18.8 Å². The number of aryl methyl sites for hydroxylation is 1. The average molecular weight is 369 g/mol. The molecular formula is C19H19N3O5. The van der Waals surface area contributed by atoms with Crippen molar-refractivity contribution in [1.82, 2.24) is 10.2 Å². The maximum Gasteiger partial charge on any atom is 0.325 e. The van der Waals surface area contributed by atoms with Crippen molar-refractivity contribution in [3.8, 4) is 5.75 Å². The molecule has 1 saturated heterocycles. The number of ether oxygens (including phenoxy) is 1. The van der Waals surface area contributed by atoms with Gasteiger partial charge in [-0.2, -0.15) is 0 Å². The van der Waals surface area contributed by atoms with Crippen molar-refractivity contribution in [2.24, 2.45) is 0 Å². The van der Waals surface area contributed by atoms with Gasteiger partial charge in [0.2, 0.25) is 0 Å². The normalized spacial score (nSPS) is 19.1. The molecule has 1 heterocycles. The lowest BCUT2D eigenvalue weighted by Crippen LogP contribution is -2.41. The highest BCUT2D eigenvalue weighted by Gasteiger charge is 2.48. The minimum absolute atomic E-state index is 0.0810. The maximum absolute atomic E-state index is 12.8. The molecule has 0 radical (unpaired) electrons. The fraction of sp³-hybridized carbons (Fsp3) is 0.263. The number of amides is 3. The van der Waals surface area contributed by atoms with Gasteiger partial charge in [-0.1, -0.05) is 17.7 Å². The fourth-order valence-electron chi connectivity index (χ4n) is 2.90. The predicted octanol–water partition coefficient (Wildman–Crippen LogP) is 2.75. The first-order valence-corrected chi connectivity index (χ1v) is 8.40. The van der Waals surface area contributed by atoms with Crippen molar-refractivity contribution in [3.05, 3.63) is 69.8 Å². The maximum atomic E-state index is 12.8. The molecule has 1 N–H and O–H groups in total. The summed E-state index contributed by atoms with van der Waals surface area (Å²) in [4.78, 5) is 36.4. The van der Waals surface area contributed by atoms with Gasteiger partial charge >= 0.3 is 6.03 Å². The third-order valence-electron chi connectivity index (χ3n) is 4.54. The molecule has 8 heteroatoms. The van der Waals surface area contributed by atoms with Crippen LogP contribution in [0.4, 0.5) is 10.5 Å². The minimum Gasteiger partial charge on any atom is -0.492 e. The Balaban J connectivity index is 1.68. The summed E-state index contributed by atoms with van der Waals surface area (Å²) in [7, 11) is 0. The van der Waals surface area contributed by atoms with E-state index in [0.717, 1.165) is 10.5 Å². The number of benzene rings is 2. The van der Waals surface area contributed by atoms with Crippen LogP contribution in [0.1, 0.15) is 18.1 Å². The standard InChI is InChI=1S/C19H19N3O5/c1-13-3-9-16(10-4-13)27-12-11-21-17(23)19(2,20-18(21)24)14-5-7-15(8-6-14)22(25)26/h3-10H,11-12H2,1-2H3,(H,20,24)/t19-/m0/s1. The van der Waals surface area contributed by atoms with Crippen LogP contribution in [0.15, 0.2) is 48.5 Å². The van der Waals surface area contributed by atoms with Crippen LogP contribution in [-0.2, 0) is 10.3 Å². The summed E-state index contributed by atoms with van der Waals surface area (Å²) in [6, 6.07) is 12.5. The molecule has 0 spiro atoms. The monoisotopic (exact) mass is 369 g/mol. The van der Waals surface area contributed by atoms with Crippen molar-refractivity contribution >= 4 is 17.6 Å². The van der Waals surface area contributed by atoms with Crippen molar-refractivity contribution < 1.29 is 19.2 Å². The van der Waals surface area contributed by atoms with Gasteiger partial charge in [-0.3, -0.25) is 19.8 Å². The molecule has 1 atom stereocenters. The van der Waals surface area contributed by atoms with E-state index in [0.29, 0.717) is 11.3 Å². The topological polar surface area (TPSA) is 102 Å². The molecule has 0 aliphatic carbocycles. The lowest BCUT2D eigenvalue weighted by atomic mass is 9.92. The number of hydrogen-bond donors (Lipinski definition) is 1. The van der Waals surface area contributed by atoms with Gasteiger partial charge in [0, 0.05) is 12.1 Å². The quantitative estimate of drug-likeness (QED) is 0.479. The Labute approximate surface area is 155 Å². The molecule has 0 aromatic heterocycles. The van der Waals surface area contributed by atoms with Crippen molar-refractivity contribution in [2.45, 2.75) is 19.4 Å². The molecule has 27 heavy (non-hydrogen) atoms. The first-order chi connectivity index (χ1) is 12.8. The molecule has 8 nitrogen and oxygen atoms in total. The highest BCUT2D eigenvalue weighted by Crippen LogP contribution is 2.29. The Kier molecular flexibility index (Phi) is 4.81. The SMILES string of the molecule is Cc1ccc(OCCN2C(=O)N[C@@](C)(c3ccc([N+](=O)[O-])cc3)C2=O)cc1. The number of carbonyl (C=O) groups is 2. The summed E-state index contributed by atoms with van der Waals surface area (Å²) in [6.45, 7) is 3.81. The van der Waals surface area contributed by atoms with Gasteiger partial charge in [0.25, 0.3) is 11.6 Å². The number of imide groups is 1. The van der Waals surface area contributed by atoms with Crippen LogP contribution in [-0.4, -0.2) is 34.9 Å². The highest BCUT2D eigenvalue weighted by molar-refractivity contribution is 6.07. The third-order valence-corrected chi connectivity index (χ3v) is 4.54. The van der Waals surface area contributed by atoms with E-state index in [1.54, 1.807) is 6.92 Å². The lowest BCUT2D eigenvalue weighted by molar-refractivity contribution is -0.384. The largest absolute Gasteiger partial charge is 0.492 e. The van der Waals surface area contributed by atoms with Crippen LogP contribution in [0.3, 0.4) is 0 Å². The molecule has 0 saturated carbocycles. The van der Waals surface area contributed by atoms with Crippen LogP contribution >= 0.6 is 0 Å². The molecule has 0 bridgehead atoms. The van der Waals surface area contributed by atoms with Gasteiger partial charge in [-0.15, -0.1) is 0 Å². The number of urea groups is 1. The van der Waals surface area contributed by atoms with Crippen LogP contribution in [0, 0.1) is 17.0 Å². The number of non-ortho nitro benzene ring substituents is 1. The zero-order valence-electron chi connectivity index (χ0n) is 15.0. The number of nitrogens with one attached hydrogen (secondary N) is 1. The van der Waals surface area contributed by atoms with Gasteiger partial charge in [-0.25, -0.2) is 4.79 Å². The first kappa shape index (κ1) is 18.4. The number of hydrogen-bond acceptors (Lipinski definition) is 5. The fourth-order valence-corrected chi connectivity index (χ4v) is 2.90.